The van der Waals surface area contributed by atoms with Crippen molar-refractivity contribution in [2.24, 2.45) is 0 Å². The van der Waals surface area contributed by atoms with Crippen molar-refractivity contribution in [2.75, 3.05) is 4.31 Å². The molecule has 0 bridgehead atoms. The van der Waals surface area contributed by atoms with Gasteiger partial charge in [-0.2, -0.15) is 0 Å². The summed E-state index contributed by atoms with van der Waals surface area (Å²) in [6.07, 6.45) is 1.53. The topological polar surface area (TPSA) is 70.5 Å². The van der Waals surface area contributed by atoms with E-state index in [-0.39, 0.29) is 22.7 Å². The Morgan fingerprint density at radius 1 is 0.821 bits per heavy atom. The Labute approximate surface area is 163 Å². The molecule has 0 spiro atoms. The quantitative estimate of drug-likeness (QED) is 0.550. The van der Waals surface area contributed by atoms with Gasteiger partial charge in [-0.15, -0.1) is 0 Å². The summed E-state index contributed by atoms with van der Waals surface area (Å²) >= 11 is 0. The van der Waals surface area contributed by atoms with Crippen LogP contribution in [-0.2, 0) is 16.6 Å². The number of phenols is 1. The highest BCUT2D eigenvalue weighted by Crippen LogP contribution is 2.33. The van der Waals surface area contributed by atoms with Gasteiger partial charge in [0.25, 0.3) is 10.0 Å². The Morgan fingerprint density at radius 2 is 1.50 bits per heavy atom. The van der Waals surface area contributed by atoms with Crippen LogP contribution in [0, 0.1) is 0 Å². The van der Waals surface area contributed by atoms with Crippen molar-refractivity contribution >= 4 is 26.6 Å². The lowest BCUT2D eigenvalue weighted by Crippen LogP contribution is -2.30. The molecule has 0 saturated carbocycles. The van der Waals surface area contributed by atoms with Gasteiger partial charge in [0, 0.05) is 11.6 Å². The average Bonchev–Trinajstić information content (AvgIpc) is 2.73. The molecule has 4 aromatic rings. The van der Waals surface area contributed by atoms with E-state index >= 15 is 0 Å². The van der Waals surface area contributed by atoms with Gasteiger partial charge in [0.05, 0.1) is 17.1 Å². The van der Waals surface area contributed by atoms with E-state index in [1.165, 1.54) is 22.6 Å². The predicted molar refractivity (Wildman–Crippen MR) is 110 cm³/mol. The van der Waals surface area contributed by atoms with Gasteiger partial charge in [-0.25, -0.2) is 8.42 Å². The zero-order chi connectivity index (χ0) is 19.6. The fraction of sp³-hybridized carbons (Fsp3) is 0.0455. The van der Waals surface area contributed by atoms with E-state index in [0.717, 1.165) is 5.56 Å². The summed E-state index contributed by atoms with van der Waals surface area (Å²) in [6, 6.07) is 24.5. The smallest absolute Gasteiger partial charge is 0.265 e. The third-order valence-electron chi connectivity index (χ3n) is 4.49. The van der Waals surface area contributed by atoms with E-state index in [1.54, 1.807) is 36.4 Å². The van der Waals surface area contributed by atoms with Crippen LogP contribution >= 0.6 is 0 Å². The number of benzene rings is 3. The van der Waals surface area contributed by atoms with Crippen molar-refractivity contribution in [1.82, 2.24) is 4.98 Å². The van der Waals surface area contributed by atoms with Gasteiger partial charge >= 0.3 is 0 Å². The highest BCUT2D eigenvalue weighted by atomic mass is 32.2. The molecule has 0 radical (unpaired) electrons. The third kappa shape index (κ3) is 3.30. The summed E-state index contributed by atoms with van der Waals surface area (Å²) in [4.78, 5) is 4.24. The van der Waals surface area contributed by atoms with E-state index in [0.29, 0.717) is 11.1 Å². The largest absolute Gasteiger partial charge is 0.506 e. The number of rotatable bonds is 5. The van der Waals surface area contributed by atoms with Crippen molar-refractivity contribution < 1.29 is 13.5 Å². The molecule has 5 nitrogen and oxygen atoms in total. The van der Waals surface area contributed by atoms with Crippen LogP contribution in [0.1, 0.15) is 5.56 Å². The van der Waals surface area contributed by atoms with Gasteiger partial charge in [0.2, 0.25) is 0 Å². The molecule has 0 atom stereocenters. The maximum atomic E-state index is 13.7. The lowest BCUT2D eigenvalue weighted by Gasteiger charge is -2.25. The molecule has 0 fully saturated rings. The second-order valence-corrected chi connectivity index (χ2v) is 8.15. The van der Waals surface area contributed by atoms with Crippen LogP contribution in [0.5, 0.6) is 5.75 Å². The molecule has 28 heavy (non-hydrogen) atoms. The fourth-order valence-corrected chi connectivity index (χ4v) is 4.77. The lowest BCUT2D eigenvalue weighted by atomic mass is 10.2. The number of fused-ring (bicyclic) bond motifs is 1. The molecule has 0 aliphatic heterocycles. The summed E-state index contributed by atoms with van der Waals surface area (Å²) in [5.41, 5.74) is 1.70. The van der Waals surface area contributed by atoms with Crippen LogP contribution in [0.25, 0.3) is 10.9 Å². The zero-order valence-corrected chi connectivity index (χ0v) is 15.8. The Balaban J connectivity index is 1.90. The number of anilines is 1. The maximum absolute atomic E-state index is 13.7. The molecule has 1 N–H and O–H groups in total. The first-order chi connectivity index (χ1) is 13.6. The molecule has 140 valence electrons. The molecular formula is C22H18N2O3S. The number of phenolic OH excluding ortho intramolecular Hbond substituents is 1. The SMILES string of the molecule is O=S(=O)(c1ccc(O)c2ncccc12)N(Cc1ccccc1)c1ccccc1. The molecule has 0 aliphatic carbocycles. The lowest BCUT2D eigenvalue weighted by molar-refractivity contribution is 0.480. The van der Waals surface area contributed by atoms with Crippen molar-refractivity contribution in [3.8, 4) is 5.75 Å². The minimum atomic E-state index is -3.91. The molecule has 3 aromatic carbocycles. The Kier molecular flexibility index (Phi) is 4.71. The number of pyridine rings is 1. The van der Waals surface area contributed by atoms with Crippen molar-refractivity contribution in [2.45, 2.75) is 11.4 Å². The average molecular weight is 390 g/mol. The van der Waals surface area contributed by atoms with Crippen LogP contribution in [0.15, 0.2) is 96.0 Å². The summed E-state index contributed by atoms with van der Waals surface area (Å²) in [5, 5.41) is 10.5. The maximum Gasteiger partial charge on any atom is 0.265 e. The molecule has 6 heteroatoms. The minimum absolute atomic E-state index is 0.0520. The van der Waals surface area contributed by atoms with E-state index in [4.69, 9.17) is 0 Å². The molecule has 1 aromatic heterocycles. The Bertz CT molecular complexity index is 1210. The minimum Gasteiger partial charge on any atom is -0.506 e. The summed E-state index contributed by atoms with van der Waals surface area (Å²) in [5.74, 6) is -0.0520. The summed E-state index contributed by atoms with van der Waals surface area (Å²) in [6.45, 7) is 0.190. The van der Waals surface area contributed by atoms with Crippen LogP contribution in [0.2, 0.25) is 0 Å². The van der Waals surface area contributed by atoms with Gasteiger partial charge in [-0.1, -0.05) is 48.5 Å². The van der Waals surface area contributed by atoms with Gasteiger partial charge < -0.3 is 5.11 Å². The van der Waals surface area contributed by atoms with Gasteiger partial charge in [-0.05, 0) is 42.0 Å². The summed E-state index contributed by atoms with van der Waals surface area (Å²) in [7, 11) is -3.91. The first kappa shape index (κ1) is 18.0. The number of para-hydroxylation sites is 1. The predicted octanol–water partition coefficient (Wildman–Crippen LogP) is 4.34. The summed E-state index contributed by atoms with van der Waals surface area (Å²) < 4.78 is 28.7. The molecule has 4 rings (SSSR count). The van der Waals surface area contributed by atoms with Crippen LogP contribution in [-0.4, -0.2) is 18.5 Å². The standard InChI is InChI=1S/C22H18N2O3S/c25-20-13-14-21(19-12-7-15-23-22(19)20)28(26,27)24(18-10-5-2-6-11-18)16-17-8-3-1-4-9-17/h1-15,25H,16H2. The van der Waals surface area contributed by atoms with Gasteiger partial charge in [-0.3, -0.25) is 9.29 Å². The first-order valence-corrected chi connectivity index (χ1v) is 10.2. The van der Waals surface area contributed by atoms with Crippen LogP contribution in [0.3, 0.4) is 0 Å². The van der Waals surface area contributed by atoms with Crippen LogP contribution < -0.4 is 4.31 Å². The number of nitrogens with zero attached hydrogens (tertiary/aromatic N) is 2. The molecule has 0 saturated heterocycles. The Morgan fingerprint density at radius 3 is 2.21 bits per heavy atom. The highest BCUT2D eigenvalue weighted by molar-refractivity contribution is 7.93. The second kappa shape index (κ2) is 7.32. The van der Waals surface area contributed by atoms with Gasteiger partial charge in [0.15, 0.2) is 0 Å². The van der Waals surface area contributed by atoms with E-state index in [9.17, 15) is 13.5 Å². The number of aromatic hydroxyl groups is 1. The highest BCUT2D eigenvalue weighted by Gasteiger charge is 2.27. The van der Waals surface area contributed by atoms with E-state index in [2.05, 4.69) is 4.98 Å². The first-order valence-electron chi connectivity index (χ1n) is 8.76. The third-order valence-corrected chi connectivity index (χ3v) is 6.32. The zero-order valence-electron chi connectivity index (χ0n) is 14.9. The molecule has 0 amide bonds. The van der Waals surface area contributed by atoms with E-state index < -0.39 is 10.0 Å². The van der Waals surface area contributed by atoms with Crippen molar-refractivity contribution in [1.29, 1.82) is 0 Å². The molecular weight excluding hydrogens is 372 g/mol. The Hall–Kier alpha value is -3.38. The number of hydrogen-bond acceptors (Lipinski definition) is 4. The normalized spacial score (nSPS) is 11.4. The number of aromatic nitrogens is 1. The van der Waals surface area contributed by atoms with Crippen LogP contribution in [0.4, 0.5) is 5.69 Å². The number of sulfonamides is 1. The van der Waals surface area contributed by atoms with Crippen molar-refractivity contribution in [3.63, 3.8) is 0 Å². The monoisotopic (exact) mass is 390 g/mol. The fourth-order valence-electron chi connectivity index (χ4n) is 3.13. The molecule has 0 aliphatic rings. The molecule has 0 unspecified atom stereocenters. The molecule has 1 heterocycles. The second-order valence-electron chi connectivity index (χ2n) is 6.32. The number of hydrogen-bond donors (Lipinski definition) is 1. The van der Waals surface area contributed by atoms with Gasteiger partial charge in [0.1, 0.15) is 11.3 Å². The van der Waals surface area contributed by atoms with E-state index in [1.807, 2.05) is 36.4 Å². The van der Waals surface area contributed by atoms with Crippen molar-refractivity contribution in [3.05, 3.63) is 96.7 Å².